The summed E-state index contributed by atoms with van der Waals surface area (Å²) in [5.74, 6) is -0.743. The minimum atomic E-state index is -0.862. The van der Waals surface area contributed by atoms with Gasteiger partial charge in [-0.2, -0.15) is 0 Å². The fourth-order valence-corrected chi connectivity index (χ4v) is 4.87. The van der Waals surface area contributed by atoms with E-state index in [1.54, 1.807) is 30.3 Å². The average Bonchev–Trinajstić information content (AvgIpc) is 3.42. The molecule has 7 nitrogen and oxygen atoms in total. The summed E-state index contributed by atoms with van der Waals surface area (Å²) in [5.41, 5.74) is 1.62. The SMILES string of the molecule is O=C(C1=C(O)C(=O)N(c2ccc3c(c2)OCCO3)C1c1ccccc1)c1cc2cc(Br)ccc2o1. The number of anilines is 1. The molecule has 1 aromatic heterocycles. The molecule has 0 aliphatic carbocycles. The van der Waals surface area contributed by atoms with Crippen molar-refractivity contribution < 1.29 is 28.6 Å². The van der Waals surface area contributed by atoms with Gasteiger partial charge in [-0.3, -0.25) is 14.5 Å². The van der Waals surface area contributed by atoms with E-state index in [0.29, 0.717) is 41.5 Å². The van der Waals surface area contributed by atoms with Crippen molar-refractivity contribution in [3.63, 3.8) is 0 Å². The van der Waals surface area contributed by atoms with Gasteiger partial charge in [0.05, 0.1) is 11.6 Å². The van der Waals surface area contributed by atoms with Gasteiger partial charge in [-0.1, -0.05) is 46.3 Å². The van der Waals surface area contributed by atoms with E-state index in [1.165, 1.54) is 4.90 Å². The van der Waals surface area contributed by atoms with E-state index >= 15 is 0 Å². The highest BCUT2D eigenvalue weighted by molar-refractivity contribution is 9.10. The third kappa shape index (κ3) is 3.57. The summed E-state index contributed by atoms with van der Waals surface area (Å²) in [4.78, 5) is 28.5. The molecule has 0 radical (unpaired) electrons. The van der Waals surface area contributed by atoms with E-state index in [-0.39, 0.29) is 11.3 Å². The second kappa shape index (κ2) is 8.32. The molecule has 1 amide bonds. The van der Waals surface area contributed by atoms with E-state index in [1.807, 2.05) is 42.5 Å². The molecular weight excluding hydrogens is 514 g/mol. The molecule has 0 saturated heterocycles. The fraction of sp³-hybridized carbons (Fsp3) is 0.111. The molecule has 6 rings (SSSR count). The summed E-state index contributed by atoms with van der Waals surface area (Å²) in [7, 11) is 0. The Labute approximate surface area is 208 Å². The summed E-state index contributed by atoms with van der Waals surface area (Å²) >= 11 is 3.42. The summed E-state index contributed by atoms with van der Waals surface area (Å²) in [6, 6.07) is 20.4. The normalized spacial score (nSPS) is 17.3. The van der Waals surface area contributed by atoms with Crippen LogP contribution in [-0.2, 0) is 4.79 Å². The smallest absolute Gasteiger partial charge is 0.294 e. The molecule has 4 aromatic rings. The van der Waals surface area contributed by atoms with Crippen molar-refractivity contribution in [3.8, 4) is 11.5 Å². The van der Waals surface area contributed by atoms with Gasteiger partial charge in [0.25, 0.3) is 5.91 Å². The minimum absolute atomic E-state index is 0.0393. The van der Waals surface area contributed by atoms with Gasteiger partial charge < -0.3 is 19.0 Å². The molecule has 3 heterocycles. The third-order valence-corrected chi connectivity index (χ3v) is 6.57. The Morgan fingerprint density at radius 1 is 0.943 bits per heavy atom. The van der Waals surface area contributed by atoms with Gasteiger partial charge in [-0.25, -0.2) is 0 Å². The first-order valence-corrected chi connectivity index (χ1v) is 11.8. The molecule has 3 aromatic carbocycles. The number of carbonyl (C=O) groups is 2. The molecule has 0 fully saturated rings. The van der Waals surface area contributed by atoms with Crippen LogP contribution in [0, 0.1) is 0 Å². The molecule has 0 spiro atoms. The predicted octanol–water partition coefficient (Wildman–Crippen LogP) is 5.75. The number of nitrogens with zero attached hydrogens (tertiary/aromatic N) is 1. The molecule has 1 unspecified atom stereocenters. The molecule has 1 N–H and O–H groups in total. The molecule has 1 atom stereocenters. The Morgan fingerprint density at radius 3 is 2.51 bits per heavy atom. The van der Waals surface area contributed by atoms with Gasteiger partial charge in [-0.05, 0) is 42.0 Å². The van der Waals surface area contributed by atoms with Crippen molar-refractivity contribution in [1.82, 2.24) is 0 Å². The highest BCUT2D eigenvalue weighted by Crippen LogP contribution is 2.44. The number of aliphatic hydroxyl groups is 1. The van der Waals surface area contributed by atoms with Crippen LogP contribution in [0.5, 0.6) is 11.5 Å². The van der Waals surface area contributed by atoms with E-state index in [2.05, 4.69) is 15.9 Å². The third-order valence-electron chi connectivity index (χ3n) is 6.07. The number of amides is 1. The number of hydrogen-bond donors (Lipinski definition) is 1. The van der Waals surface area contributed by atoms with Crippen LogP contribution in [0.3, 0.4) is 0 Å². The largest absolute Gasteiger partial charge is 0.503 e. The number of Topliss-reactive ketones (excluding diaryl/α,β-unsaturated/α-hetero) is 1. The molecule has 2 aliphatic rings. The van der Waals surface area contributed by atoms with Crippen LogP contribution in [0.25, 0.3) is 11.0 Å². The van der Waals surface area contributed by atoms with Crippen molar-refractivity contribution in [2.24, 2.45) is 0 Å². The lowest BCUT2D eigenvalue weighted by atomic mass is 9.94. The van der Waals surface area contributed by atoms with Gasteiger partial charge in [0.2, 0.25) is 5.78 Å². The lowest BCUT2D eigenvalue weighted by Gasteiger charge is -2.28. The number of ketones is 1. The zero-order valence-corrected chi connectivity index (χ0v) is 19.8. The number of benzene rings is 3. The minimum Gasteiger partial charge on any atom is -0.503 e. The number of rotatable bonds is 4. The van der Waals surface area contributed by atoms with Gasteiger partial charge in [-0.15, -0.1) is 0 Å². The predicted molar refractivity (Wildman–Crippen MR) is 132 cm³/mol. The van der Waals surface area contributed by atoms with Gasteiger partial charge in [0.1, 0.15) is 18.8 Å². The number of fused-ring (bicyclic) bond motifs is 2. The number of carbonyl (C=O) groups excluding carboxylic acids is 2. The second-order valence-electron chi connectivity index (χ2n) is 8.20. The topological polar surface area (TPSA) is 89.2 Å². The van der Waals surface area contributed by atoms with Crippen LogP contribution in [0.2, 0.25) is 0 Å². The standard InChI is InChI=1S/C27H18BrNO6/c28-17-6-8-19-16(12-17)13-22(35-19)25(30)23-24(15-4-2-1-3-5-15)29(27(32)26(23)31)18-7-9-20-21(14-18)34-11-10-33-20/h1-9,12-14,24,31H,10-11H2. The molecule has 2 aliphatic heterocycles. The highest BCUT2D eigenvalue weighted by atomic mass is 79.9. The number of aliphatic hydroxyl groups excluding tert-OH is 1. The molecule has 8 heteroatoms. The Morgan fingerprint density at radius 2 is 1.71 bits per heavy atom. The number of hydrogen-bond acceptors (Lipinski definition) is 6. The zero-order chi connectivity index (χ0) is 24.1. The van der Waals surface area contributed by atoms with Crippen molar-refractivity contribution in [3.05, 3.63) is 99.9 Å². The van der Waals surface area contributed by atoms with Gasteiger partial charge in [0, 0.05) is 21.6 Å². The summed E-state index contributed by atoms with van der Waals surface area (Å²) in [6.07, 6.45) is 0. The maximum absolute atomic E-state index is 13.7. The van der Waals surface area contributed by atoms with Gasteiger partial charge in [0.15, 0.2) is 23.0 Å². The monoisotopic (exact) mass is 531 g/mol. The molecule has 0 bridgehead atoms. The van der Waals surface area contributed by atoms with Crippen LogP contribution >= 0.6 is 15.9 Å². The van der Waals surface area contributed by atoms with Crippen molar-refractivity contribution >= 4 is 44.3 Å². The van der Waals surface area contributed by atoms with Crippen molar-refractivity contribution in [1.29, 1.82) is 0 Å². The van der Waals surface area contributed by atoms with Gasteiger partial charge >= 0.3 is 0 Å². The Balaban J connectivity index is 1.47. The average molecular weight is 532 g/mol. The fourth-order valence-electron chi connectivity index (χ4n) is 4.49. The Bertz CT molecular complexity index is 1520. The maximum Gasteiger partial charge on any atom is 0.294 e. The zero-order valence-electron chi connectivity index (χ0n) is 18.2. The summed E-state index contributed by atoms with van der Waals surface area (Å²) in [5, 5.41) is 11.7. The van der Waals surface area contributed by atoms with Crippen LogP contribution in [-0.4, -0.2) is 30.0 Å². The lowest BCUT2D eigenvalue weighted by Crippen LogP contribution is -2.31. The summed E-state index contributed by atoms with van der Waals surface area (Å²) < 4.78 is 17.9. The number of ether oxygens (including phenoxy) is 2. The molecule has 0 saturated carbocycles. The highest BCUT2D eigenvalue weighted by Gasteiger charge is 2.45. The van der Waals surface area contributed by atoms with E-state index in [0.717, 1.165) is 9.86 Å². The first-order valence-electron chi connectivity index (χ1n) is 11.0. The maximum atomic E-state index is 13.7. The quantitative estimate of drug-likeness (QED) is 0.337. The van der Waals surface area contributed by atoms with Crippen LogP contribution < -0.4 is 14.4 Å². The molecule has 174 valence electrons. The first-order chi connectivity index (χ1) is 17.0. The first kappa shape index (κ1) is 21.5. The van der Waals surface area contributed by atoms with Crippen molar-refractivity contribution in [2.45, 2.75) is 6.04 Å². The molecular formula is C27H18BrNO6. The molecule has 35 heavy (non-hydrogen) atoms. The van der Waals surface area contributed by atoms with E-state index < -0.39 is 23.5 Å². The number of halogens is 1. The Hall–Kier alpha value is -4.04. The van der Waals surface area contributed by atoms with Crippen molar-refractivity contribution in [2.75, 3.05) is 18.1 Å². The van der Waals surface area contributed by atoms with Crippen LogP contribution in [0.4, 0.5) is 5.69 Å². The lowest BCUT2D eigenvalue weighted by molar-refractivity contribution is -0.117. The van der Waals surface area contributed by atoms with E-state index in [4.69, 9.17) is 13.9 Å². The second-order valence-corrected chi connectivity index (χ2v) is 9.12. The van der Waals surface area contributed by atoms with E-state index in [9.17, 15) is 14.7 Å². The van der Waals surface area contributed by atoms with Crippen LogP contribution in [0.1, 0.15) is 22.2 Å². The summed E-state index contributed by atoms with van der Waals surface area (Å²) in [6.45, 7) is 0.832. The Kier molecular flexibility index (Phi) is 5.11. The number of furan rings is 1. The van der Waals surface area contributed by atoms with Crippen LogP contribution in [0.15, 0.2) is 93.0 Å².